The molecule has 0 aliphatic carbocycles. The van der Waals surface area contributed by atoms with Crippen molar-refractivity contribution in [2.24, 2.45) is 0 Å². The number of rotatable bonds is 7. The highest BCUT2D eigenvalue weighted by molar-refractivity contribution is 6.12. The molecule has 0 bridgehead atoms. The number of nitrogens with one attached hydrogen (secondary N) is 1. The standard InChI is InChI=1S/C27H23N5O3/c1-34-24-13-12-19(14-25(24)35-2)23-15-21(20-10-6-7-11-22(20)29-23)26(33)30-27-28-17-32(31-27)16-18-8-4-3-5-9-18/h3-15,17H,16H2,1-2H3,(H,30,31,33). The van der Waals surface area contributed by atoms with Gasteiger partial charge in [0.25, 0.3) is 5.91 Å². The highest BCUT2D eigenvalue weighted by Gasteiger charge is 2.17. The molecule has 3 aromatic carbocycles. The number of para-hydroxylation sites is 1. The molecule has 0 radical (unpaired) electrons. The van der Waals surface area contributed by atoms with Crippen LogP contribution in [-0.2, 0) is 6.54 Å². The Hall–Kier alpha value is -4.72. The molecule has 0 saturated carbocycles. The van der Waals surface area contributed by atoms with Crippen molar-refractivity contribution >= 4 is 22.8 Å². The molecule has 2 heterocycles. The Morgan fingerprint density at radius 1 is 0.914 bits per heavy atom. The zero-order valence-corrected chi connectivity index (χ0v) is 19.3. The van der Waals surface area contributed by atoms with Gasteiger partial charge in [0.05, 0.1) is 37.5 Å². The van der Waals surface area contributed by atoms with Gasteiger partial charge in [-0.3, -0.25) is 10.1 Å². The Balaban J connectivity index is 1.46. The summed E-state index contributed by atoms with van der Waals surface area (Å²) in [6.07, 6.45) is 1.60. The average molecular weight is 466 g/mol. The van der Waals surface area contributed by atoms with Crippen LogP contribution in [0, 0.1) is 0 Å². The Morgan fingerprint density at radius 3 is 2.49 bits per heavy atom. The van der Waals surface area contributed by atoms with Crippen molar-refractivity contribution in [2.75, 3.05) is 19.5 Å². The van der Waals surface area contributed by atoms with E-state index in [4.69, 9.17) is 14.5 Å². The predicted octanol–water partition coefficient (Wildman–Crippen LogP) is 4.81. The molecule has 0 fully saturated rings. The quantitative estimate of drug-likeness (QED) is 0.371. The van der Waals surface area contributed by atoms with Crippen molar-refractivity contribution in [3.8, 4) is 22.8 Å². The molecule has 5 aromatic rings. The molecule has 0 saturated heterocycles. The Morgan fingerprint density at radius 2 is 1.69 bits per heavy atom. The van der Waals surface area contributed by atoms with Gasteiger partial charge in [-0.05, 0) is 35.9 Å². The number of ether oxygens (including phenoxy) is 2. The van der Waals surface area contributed by atoms with Crippen LogP contribution in [0.25, 0.3) is 22.2 Å². The number of hydrogen-bond donors (Lipinski definition) is 1. The second-order valence-corrected chi connectivity index (χ2v) is 7.85. The molecule has 1 amide bonds. The zero-order chi connectivity index (χ0) is 24.2. The number of hydrogen-bond acceptors (Lipinski definition) is 6. The van der Waals surface area contributed by atoms with Crippen LogP contribution in [0.1, 0.15) is 15.9 Å². The third kappa shape index (κ3) is 4.67. The molecular formula is C27H23N5O3. The van der Waals surface area contributed by atoms with Gasteiger partial charge in [-0.15, -0.1) is 5.10 Å². The van der Waals surface area contributed by atoms with Gasteiger partial charge in [0.2, 0.25) is 5.95 Å². The number of anilines is 1. The van der Waals surface area contributed by atoms with Crippen molar-refractivity contribution < 1.29 is 14.3 Å². The van der Waals surface area contributed by atoms with Gasteiger partial charge in [-0.2, -0.15) is 0 Å². The molecule has 2 aromatic heterocycles. The zero-order valence-electron chi connectivity index (χ0n) is 19.3. The van der Waals surface area contributed by atoms with Crippen LogP contribution >= 0.6 is 0 Å². The van der Waals surface area contributed by atoms with E-state index in [1.165, 1.54) is 0 Å². The van der Waals surface area contributed by atoms with E-state index in [0.717, 1.165) is 16.5 Å². The van der Waals surface area contributed by atoms with Crippen LogP contribution in [0.5, 0.6) is 11.5 Å². The molecule has 0 aliphatic rings. The number of fused-ring (bicyclic) bond motifs is 1. The molecule has 174 valence electrons. The van der Waals surface area contributed by atoms with E-state index in [1.54, 1.807) is 31.3 Å². The Kier molecular flexibility index (Phi) is 6.09. The summed E-state index contributed by atoms with van der Waals surface area (Å²) in [4.78, 5) is 22.3. The molecule has 5 rings (SSSR count). The maximum atomic E-state index is 13.3. The van der Waals surface area contributed by atoms with Crippen LogP contribution in [0.4, 0.5) is 5.95 Å². The number of benzene rings is 3. The van der Waals surface area contributed by atoms with Crippen LogP contribution in [0.15, 0.2) is 85.2 Å². The fourth-order valence-electron chi connectivity index (χ4n) is 3.87. The number of carbonyl (C=O) groups excluding carboxylic acids is 1. The highest BCUT2D eigenvalue weighted by Crippen LogP contribution is 2.33. The minimum absolute atomic E-state index is 0.236. The van der Waals surface area contributed by atoms with Crippen molar-refractivity contribution in [2.45, 2.75) is 6.54 Å². The first-order valence-corrected chi connectivity index (χ1v) is 11.0. The molecular weight excluding hydrogens is 442 g/mol. The van der Waals surface area contributed by atoms with Gasteiger partial charge in [0.15, 0.2) is 11.5 Å². The summed E-state index contributed by atoms with van der Waals surface area (Å²) >= 11 is 0. The first kappa shape index (κ1) is 22.1. The second kappa shape index (κ2) is 9.64. The summed E-state index contributed by atoms with van der Waals surface area (Å²) < 4.78 is 12.5. The SMILES string of the molecule is COc1ccc(-c2cc(C(=O)Nc3ncn(Cc4ccccc4)n3)c3ccccc3n2)cc1OC. The molecule has 8 heteroatoms. The van der Waals surface area contributed by atoms with Gasteiger partial charge in [-0.25, -0.2) is 14.6 Å². The van der Waals surface area contributed by atoms with E-state index in [9.17, 15) is 4.79 Å². The largest absolute Gasteiger partial charge is 0.493 e. The normalized spacial score (nSPS) is 10.8. The monoisotopic (exact) mass is 465 g/mol. The number of pyridine rings is 1. The molecule has 8 nitrogen and oxygen atoms in total. The molecule has 35 heavy (non-hydrogen) atoms. The van der Waals surface area contributed by atoms with Crippen molar-refractivity contribution in [1.29, 1.82) is 0 Å². The minimum Gasteiger partial charge on any atom is -0.493 e. The van der Waals surface area contributed by atoms with Gasteiger partial charge in [-0.1, -0.05) is 48.5 Å². The summed E-state index contributed by atoms with van der Waals surface area (Å²) in [5, 5.41) is 7.96. The molecule has 1 N–H and O–H groups in total. The lowest BCUT2D eigenvalue weighted by atomic mass is 10.0. The van der Waals surface area contributed by atoms with E-state index >= 15 is 0 Å². The van der Waals surface area contributed by atoms with Gasteiger partial charge < -0.3 is 9.47 Å². The third-order valence-corrected chi connectivity index (χ3v) is 5.59. The first-order chi connectivity index (χ1) is 17.1. The van der Waals surface area contributed by atoms with Crippen LogP contribution in [-0.4, -0.2) is 39.9 Å². The summed E-state index contributed by atoms with van der Waals surface area (Å²) in [5.41, 5.74) is 3.70. The van der Waals surface area contributed by atoms with Gasteiger partial charge >= 0.3 is 0 Å². The van der Waals surface area contributed by atoms with Crippen molar-refractivity contribution in [1.82, 2.24) is 19.7 Å². The molecule has 0 unspecified atom stereocenters. The highest BCUT2D eigenvalue weighted by atomic mass is 16.5. The van der Waals surface area contributed by atoms with E-state index in [1.807, 2.05) is 72.8 Å². The smallest absolute Gasteiger partial charge is 0.258 e. The number of aromatic nitrogens is 4. The van der Waals surface area contributed by atoms with E-state index in [2.05, 4.69) is 15.4 Å². The minimum atomic E-state index is -0.317. The first-order valence-electron chi connectivity index (χ1n) is 11.0. The lowest BCUT2D eigenvalue weighted by molar-refractivity contribution is 0.102. The predicted molar refractivity (Wildman–Crippen MR) is 134 cm³/mol. The fraction of sp³-hybridized carbons (Fsp3) is 0.111. The number of amides is 1. The summed E-state index contributed by atoms with van der Waals surface area (Å²) in [6, 6.07) is 24.7. The van der Waals surface area contributed by atoms with Crippen LogP contribution < -0.4 is 14.8 Å². The summed E-state index contributed by atoms with van der Waals surface area (Å²) in [5.74, 6) is 1.12. The fourth-order valence-corrected chi connectivity index (χ4v) is 3.87. The summed E-state index contributed by atoms with van der Waals surface area (Å²) in [6.45, 7) is 0.561. The number of nitrogens with zero attached hydrogens (tertiary/aromatic N) is 4. The maximum Gasteiger partial charge on any atom is 0.258 e. The van der Waals surface area contributed by atoms with Gasteiger partial charge in [0, 0.05) is 10.9 Å². The van der Waals surface area contributed by atoms with Gasteiger partial charge in [0.1, 0.15) is 6.33 Å². The van der Waals surface area contributed by atoms with Crippen molar-refractivity contribution in [3.63, 3.8) is 0 Å². The number of carbonyl (C=O) groups is 1. The van der Waals surface area contributed by atoms with Crippen LogP contribution in [0.3, 0.4) is 0 Å². The average Bonchev–Trinajstić information content (AvgIpc) is 3.34. The van der Waals surface area contributed by atoms with E-state index in [0.29, 0.717) is 34.8 Å². The van der Waals surface area contributed by atoms with E-state index < -0.39 is 0 Å². The molecule has 0 aliphatic heterocycles. The van der Waals surface area contributed by atoms with E-state index in [-0.39, 0.29) is 11.9 Å². The molecule has 0 atom stereocenters. The lowest BCUT2D eigenvalue weighted by Crippen LogP contribution is -2.14. The Labute approximate surface area is 202 Å². The third-order valence-electron chi connectivity index (χ3n) is 5.59. The topological polar surface area (TPSA) is 91.2 Å². The maximum absolute atomic E-state index is 13.3. The number of methoxy groups -OCH3 is 2. The lowest BCUT2D eigenvalue weighted by Gasteiger charge is -2.12. The molecule has 0 spiro atoms. The second-order valence-electron chi connectivity index (χ2n) is 7.85. The Bertz CT molecular complexity index is 1500. The van der Waals surface area contributed by atoms with Crippen LogP contribution in [0.2, 0.25) is 0 Å². The van der Waals surface area contributed by atoms with Crippen molar-refractivity contribution in [3.05, 3.63) is 96.3 Å². The summed E-state index contributed by atoms with van der Waals surface area (Å²) in [7, 11) is 3.17.